The van der Waals surface area contributed by atoms with E-state index in [0.29, 0.717) is 21.2 Å². The second-order valence-corrected chi connectivity index (χ2v) is 9.15. The molecule has 1 unspecified atom stereocenters. The van der Waals surface area contributed by atoms with Crippen molar-refractivity contribution in [1.82, 2.24) is 4.98 Å². The van der Waals surface area contributed by atoms with Crippen LogP contribution in [0.1, 0.15) is 32.2 Å². The summed E-state index contributed by atoms with van der Waals surface area (Å²) in [5, 5.41) is 5.34. The average Bonchev–Trinajstić information content (AvgIpc) is 3.16. The van der Waals surface area contributed by atoms with E-state index >= 15 is 0 Å². The van der Waals surface area contributed by atoms with Crippen molar-refractivity contribution in [1.29, 1.82) is 0 Å². The Morgan fingerprint density at radius 3 is 2.57 bits per heavy atom. The van der Waals surface area contributed by atoms with Crippen LogP contribution in [0.3, 0.4) is 0 Å². The molecule has 8 heteroatoms. The molecule has 0 saturated heterocycles. The van der Waals surface area contributed by atoms with Crippen LogP contribution in [-0.4, -0.2) is 27.3 Å². The summed E-state index contributed by atoms with van der Waals surface area (Å²) in [6.07, 6.45) is 1.73. The first-order valence-electron chi connectivity index (χ1n) is 9.23. The number of nitrogens with one attached hydrogen (secondary N) is 1. The number of hydrogen-bond donors (Lipinski definition) is 1. The van der Waals surface area contributed by atoms with Crippen molar-refractivity contribution in [2.45, 2.75) is 31.8 Å². The fourth-order valence-corrected chi connectivity index (χ4v) is 4.00. The van der Waals surface area contributed by atoms with Crippen molar-refractivity contribution in [2.24, 2.45) is 0 Å². The van der Waals surface area contributed by atoms with Gasteiger partial charge in [0, 0.05) is 33.0 Å². The van der Waals surface area contributed by atoms with Crippen LogP contribution in [0.4, 0.5) is 5.69 Å². The van der Waals surface area contributed by atoms with Gasteiger partial charge in [0.05, 0.1) is 17.7 Å². The zero-order valence-electron chi connectivity index (χ0n) is 16.9. The number of esters is 1. The lowest BCUT2D eigenvalue weighted by molar-refractivity contribution is -0.115. The van der Waals surface area contributed by atoms with Crippen LogP contribution < -0.4 is 5.32 Å². The zero-order valence-corrected chi connectivity index (χ0v) is 18.6. The number of aryl methyl sites for hydroxylation is 2. The van der Waals surface area contributed by atoms with Gasteiger partial charge < -0.3 is 10.1 Å². The average molecular weight is 443 g/mol. The highest BCUT2D eigenvalue weighted by Gasteiger charge is 2.12. The molecule has 3 rings (SSSR count). The van der Waals surface area contributed by atoms with Crippen LogP contribution in [0, 0.1) is 13.8 Å². The van der Waals surface area contributed by atoms with Crippen LogP contribution in [0.5, 0.6) is 0 Å². The van der Waals surface area contributed by atoms with Crippen molar-refractivity contribution in [3.05, 3.63) is 75.2 Å². The lowest BCUT2D eigenvalue weighted by Crippen LogP contribution is -2.15. The Bertz CT molecular complexity index is 1090. The van der Waals surface area contributed by atoms with Crippen molar-refractivity contribution >= 4 is 39.7 Å². The fraction of sp³-hybridized carbons (Fsp3) is 0.227. The van der Waals surface area contributed by atoms with Crippen LogP contribution in [-0.2, 0) is 33.4 Å². The number of ether oxygens (including phenoxy) is 1. The molecule has 0 radical (unpaired) electrons. The summed E-state index contributed by atoms with van der Waals surface area (Å²) in [7, 11) is -1.10. The van der Waals surface area contributed by atoms with Crippen molar-refractivity contribution in [3.63, 3.8) is 0 Å². The Morgan fingerprint density at radius 2 is 1.87 bits per heavy atom. The summed E-state index contributed by atoms with van der Waals surface area (Å²) in [5.41, 5.74) is 3.84. The molecule has 0 spiro atoms. The number of aromatic nitrogens is 1. The van der Waals surface area contributed by atoms with Gasteiger partial charge in [0.15, 0.2) is 0 Å². The second kappa shape index (κ2) is 9.77. The predicted octanol–water partition coefficient (Wildman–Crippen LogP) is 4.04. The van der Waals surface area contributed by atoms with Gasteiger partial charge in [-0.1, -0.05) is 12.1 Å². The molecule has 1 amide bonds. The molecular formula is C22H22N2O4S2. The highest BCUT2D eigenvalue weighted by Crippen LogP contribution is 2.18. The monoisotopic (exact) mass is 442 g/mol. The Balaban J connectivity index is 1.53. The maximum absolute atomic E-state index is 12.3. The summed E-state index contributed by atoms with van der Waals surface area (Å²) >= 11 is 1.35. The lowest BCUT2D eigenvalue weighted by atomic mass is 10.1. The van der Waals surface area contributed by atoms with Gasteiger partial charge in [-0.25, -0.2) is 9.78 Å². The maximum Gasteiger partial charge on any atom is 0.338 e. The van der Waals surface area contributed by atoms with E-state index in [1.807, 2.05) is 32.0 Å². The smallest absolute Gasteiger partial charge is 0.338 e. The molecule has 0 aliphatic heterocycles. The third-order valence-corrected chi connectivity index (χ3v) is 6.18. The first-order chi connectivity index (χ1) is 14.3. The van der Waals surface area contributed by atoms with E-state index in [4.69, 9.17) is 4.74 Å². The molecule has 156 valence electrons. The third-order valence-electron chi connectivity index (χ3n) is 4.35. The molecule has 1 N–H and O–H groups in total. The van der Waals surface area contributed by atoms with E-state index in [1.54, 1.807) is 35.9 Å². The Labute approximate surface area is 181 Å². The van der Waals surface area contributed by atoms with E-state index in [0.717, 1.165) is 16.8 Å². The molecule has 1 aromatic heterocycles. The van der Waals surface area contributed by atoms with Gasteiger partial charge in [-0.05, 0) is 55.3 Å². The van der Waals surface area contributed by atoms with Gasteiger partial charge in [-0.15, -0.1) is 11.3 Å². The molecule has 6 nitrogen and oxygen atoms in total. The first-order valence-corrected chi connectivity index (χ1v) is 11.7. The molecule has 1 atom stereocenters. The first kappa shape index (κ1) is 21.9. The van der Waals surface area contributed by atoms with Gasteiger partial charge in [0.1, 0.15) is 11.6 Å². The number of rotatable bonds is 7. The molecule has 3 aromatic rings. The van der Waals surface area contributed by atoms with Crippen LogP contribution in [0.25, 0.3) is 0 Å². The van der Waals surface area contributed by atoms with Gasteiger partial charge in [-0.3, -0.25) is 9.00 Å². The topological polar surface area (TPSA) is 85.4 Å². The Morgan fingerprint density at radius 1 is 1.13 bits per heavy atom. The van der Waals surface area contributed by atoms with E-state index in [-0.39, 0.29) is 18.9 Å². The van der Waals surface area contributed by atoms with Crippen LogP contribution >= 0.6 is 11.3 Å². The molecule has 0 aliphatic rings. The van der Waals surface area contributed by atoms with Crippen LogP contribution in [0.15, 0.2) is 52.7 Å². The molecule has 1 heterocycles. The number of amides is 1. The Kier molecular flexibility index (Phi) is 7.12. The molecule has 0 fully saturated rings. The third kappa shape index (κ3) is 5.84. The van der Waals surface area contributed by atoms with Crippen molar-refractivity contribution < 1.29 is 18.5 Å². The summed E-state index contributed by atoms with van der Waals surface area (Å²) < 4.78 is 16.7. The van der Waals surface area contributed by atoms with Gasteiger partial charge in [-0.2, -0.15) is 0 Å². The minimum absolute atomic E-state index is 0.0232. The molecule has 0 saturated carbocycles. The maximum atomic E-state index is 12.3. The van der Waals surface area contributed by atoms with Crippen LogP contribution in [0.2, 0.25) is 0 Å². The quantitative estimate of drug-likeness (QED) is 0.558. The second-order valence-electron chi connectivity index (χ2n) is 6.83. The van der Waals surface area contributed by atoms with E-state index < -0.39 is 16.8 Å². The summed E-state index contributed by atoms with van der Waals surface area (Å²) in [6, 6.07) is 12.4. The predicted molar refractivity (Wildman–Crippen MR) is 118 cm³/mol. The summed E-state index contributed by atoms with van der Waals surface area (Å²) in [5.74, 6) is -0.624. The zero-order chi connectivity index (χ0) is 21.7. The number of carbonyl (C=O) groups excluding carboxylic acids is 2. The molecule has 2 aromatic carbocycles. The molecule has 30 heavy (non-hydrogen) atoms. The summed E-state index contributed by atoms with van der Waals surface area (Å²) in [4.78, 5) is 29.5. The van der Waals surface area contributed by atoms with E-state index in [1.165, 1.54) is 11.3 Å². The number of benzene rings is 2. The highest BCUT2D eigenvalue weighted by molar-refractivity contribution is 7.84. The van der Waals surface area contributed by atoms with Gasteiger partial charge >= 0.3 is 5.97 Å². The van der Waals surface area contributed by atoms with Gasteiger partial charge in [0.25, 0.3) is 0 Å². The largest absolute Gasteiger partial charge is 0.456 e. The normalized spacial score (nSPS) is 11.7. The summed E-state index contributed by atoms with van der Waals surface area (Å²) in [6.45, 7) is 3.94. The minimum Gasteiger partial charge on any atom is -0.456 e. The number of nitrogens with zero attached hydrogens (tertiary/aromatic N) is 1. The number of carbonyl (C=O) groups is 2. The molecule has 0 bridgehead atoms. The van der Waals surface area contributed by atoms with Gasteiger partial charge in [0.2, 0.25) is 5.91 Å². The standard InChI is InChI=1S/C22H22N2O4S2/c1-14-4-5-15(2)19(10-14)24-20(25)11-21-23-17(13-29-21)12-28-22(26)16-6-8-18(9-7-16)30(3)27/h4-10,13H,11-12H2,1-3H3,(H,24,25). The van der Waals surface area contributed by atoms with E-state index in [2.05, 4.69) is 10.3 Å². The SMILES string of the molecule is Cc1ccc(C)c(NC(=O)Cc2nc(COC(=O)c3ccc(S(C)=O)cc3)cs2)c1. The Hall–Kier alpha value is -2.84. The van der Waals surface area contributed by atoms with E-state index in [9.17, 15) is 13.8 Å². The lowest BCUT2D eigenvalue weighted by Gasteiger charge is -2.08. The molecule has 0 aliphatic carbocycles. The number of thiazole rings is 1. The highest BCUT2D eigenvalue weighted by atomic mass is 32.2. The van der Waals surface area contributed by atoms with Crippen molar-refractivity contribution in [2.75, 3.05) is 11.6 Å². The fourth-order valence-electron chi connectivity index (χ4n) is 2.70. The number of anilines is 1. The molecular weight excluding hydrogens is 420 g/mol. The number of hydrogen-bond acceptors (Lipinski definition) is 6. The minimum atomic E-state index is -1.10. The van der Waals surface area contributed by atoms with Crippen molar-refractivity contribution in [3.8, 4) is 0 Å².